The Morgan fingerprint density at radius 1 is 1.09 bits per heavy atom. The molecular weight excluding hydrogens is 288 g/mol. The van der Waals surface area contributed by atoms with Gasteiger partial charge in [-0.1, -0.05) is 62.1 Å². The van der Waals surface area contributed by atoms with E-state index in [2.05, 4.69) is 24.8 Å². The summed E-state index contributed by atoms with van der Waals surface area (Å²) in [5.41, 5.74) is 1.02. The topological polar surface area (TPSA) is 0 Å². The fourth-order valence-electron chi connectivity index (χ4n) is 3.19. The normalized spacial score (nSPS) is 21.5. The molecule has 22 heavy (non-hydrogen) atoms. The minimum atomic E-state index is 0.738. The molecule has 1 saturated carbocycles. The number of hydrogen-bond acceptors (Lipinski definition) is 0. The molecule has 0 spiro atoms. The van der Waals surface area contributed by atoms with Crippen LogP contribution in [-0.4, -0.2) is 0 Å². The predicted octanol–water partition coefficient (Wildman–Crippen LogP) is 6.63. The van der Waals surface area contributed by atoms with Gasteiger partial charge >= 0.3 is 0 Å². The number of unbranched alkanes of at least 4 members (excludes halogenated alkanes) is 2. The predicted molar refractivity (Wildman–Crippen MR) is 97.1 cm³/mol. The van der Waals surface area contributed by atoms with E-state index in [4.69, 9.17) is 11.6 Å². The number of allylic oxidation sites excluding steroid dienone is 2. The molecule has 1 aromatic carbocycles. The highest BCUT2D eigenvalue weighted by Gasteiger charge is 2.18. The Hall–Kier alpha value is -1.19. The zero-order valence-electron chi connectivity index (χ0n) is 13.7. The Balaban J connectivity index is 1.71. The van der Waals surface area contributed by atoms with Crippen molar-refractivity contribution in [1.29, 1.82) is 0 Å². The zero-order chi connectivity index (χ0) is 15.6. The van der Waals surface area contributed by atoms with Crippen molar-refractivity contribution in [3.63, 3.8) is 0 Å². The smallest absolute Gasteiger partial charge is 0.0406 e. The van der Waals surface area contributed by atoms with Gasteiger partial charge in [-0.25, -0.2) is 0 Å². The van der Waals surface area contributed by atoms with Crippen molar-refractivity contribution in [3.8, 4) is 11.8 Å². The monoisotopic (exact) mass is 314 g/mol. The third kappa shape index (κ3) is 6.29. The van der Waals surface area contributed by atoms with Gasteiger partial charge in [-0.3, -0.25) is 0 Å². The van der Waals surface area contributed by atoms with Gasteiger partial charge in [0.1, 0.15) is 0 Å². The van der Waals surface area contributed by atoms with Gasteiger partial charge < -0.3 is 0 Å². The molecule has 1 heteroatoms. The lowest BCUT2D eigenvalue weighted by Crippen LogP contribution is -2.12. The van der Waals surface area contributed by atoms with Gasteiger partial charge in [0.05, 0.1) is 0 Å². The molecule has 0 nitrogen and oxygen atoms in total. The molecule has 0 aliphatic heterocycles. The summed E-state index contributed by atoms with van der Waals surface area (Å²) in [5, 5.41) is 0.761. The standard InChI is InChI=1S/C21H27Cl/c1-2-3-4-7-18-10-12-19(13-11-18)8-5-6-9-20-14-16-21(22)17-15-20/h5,8,14-19H,2-4,7,10-13H2,1H3/b8-5+. The lowest BCUT2D eigenvalue weighted by molar-refractivity contribution is 0.289. The van der Waals surface area contributed by atoms with E-state index < -0.39 is 0 Å². The first-order valence-electron chi connectivity index (χ1n) is 8.71. The molecule has 0 saturated heterocycles. The summed E-state index contributed by atoms with van der Waals surface area (Å²) in [6, 6.07) is 7.69. The van der Waals surface area contributed by atoms with Gasteiger partial charge in [-0.15, -0.1) is 0 Å². The summed E-state index contributed by atoms with van der Waals surface area (Å²) in [6.07, 6.45) is 15.5. The molecule has 2 rings (SSSR count). The summed E-state index contributed by atoms with van der Waals surface area (Å²) in [4.78, 5) is 0. The third-order valence-electron chi connectivity index (χ3n) is 4.62. The fourth-order valence-corrected chi connectivity index (χ4v) is 3.32. The third-order valence-corrected chi connectivity index (χ3v) is 4.87. The summed E-state index contributed by atoms with van der Waals surface area (Å²) in [6.45, 7) is 2.28. The second-order valence-corrected chi connectivity index (χ2v) is 6.85. The molecule has 0 bridgehead atoms. The van der Waals surface area contributed by atoms with Crippen LogP contribution in [0.4, 0.5) is 0 Å². The van der Waals surface area contributed by atoms with Gasteiger partial charge in [-0.2, -0.15) is 0 Å². The Bertz CT molecular complexity index is 507. The average molecular weight is 315 g/mol. The van der Waals surface area contributed by atoms with Crippen LogP contribution in [-0.2, 0) is 0 Å². The van der Waals surface area contributed by atoms with E-state index in [0.717, 1.165) is 22.4 Å². The fraction of sp³-hybridized carbons (Fsp3) is 0.524. The van der Waals surface area contributed by atoms with Crippen LogP contribution in [0.15, 0.2) is 36.4 Å². The van der Waals surface area contributed by atoms with Crippen molar-refractivity contribution >= 4 is 11.6 Å². The number of hydrogen-bond donors (Lipinski definition) is 0. The first-order chi connectivity index (χ1) is 10.8. The van der Waals surface area contributed by atoms with Crippen LogP contribution in [0.3, 0.4) is 0 Å². The van der Waals surface area contributed by atoms with E-state index in [9.17, 15) is 0 Å². The molecule has 0 N–H and O–H groups in total. The molecule has 0 unspecified atom stereocenters. The highest BCUT2D eigenvalue weighted by atomic mass is 35.5. The van der Waals surface area contributed by atoms with Crippen molar-refractivity contribution in [3.05, 3.63) is 47.0 Å². The average Bonchev–Trinajstić information content (AvgIpc) is 2.55. The minimum Gasteiger partial charge on any atom is -0.0843 e. The van der Waals surface area contributed by atoms with Gasteiger partial charge in [0.25, 0.3) is 0 Å². The largest absolute Gasteiger partial charge is 0.0843 e. The van der Waals surface area contributed by atoms with Crippen molar-refractivity contribution in [2.24, 2.45) is 11.8 Å². The van der Waals surface area contributed by atoms with Crippen molar-refractivity contribution in [2.45, 2.75) is 58.3 Å². The summed E-state index contributed by atoms with van der Waals surface area (Å²) in [7, 11) is 0. The molecule has 0 aromatic heterocycles. The Morgan fingerprint density at radius 3 is 2.50 bits per heavy atom. The first-order valence-corrected chi connectivity index (χ1v) is 9.09. The molecule has 0 amide bonds. The van der Waals surface area contributed by atoms with Crippen LogP contribution < -0.4 is 0 Å². The maximum atomic E-state index is 5.86. The van der Waals surface area contributed by atoms with Crippen LogP contribution in [0.5, 0.6) is 0 Å². The Kier molecular flexibility index (Phi) is 7.61. The van der Waals surface area contributed by atoms with Gasteiger partial charge in [0, 0.05) is 10.6 Å². The van der Waals surface area contributed by atoms with E-state index in [-0.39, 0.29) is 0 Å². The molecule has 1 aliphatic rings. The summed E-state index contributed by atoms with van der Waals surface area (Å²) in [5.74, 6) is 8.03. The molecule has 0 atom stereocenters. The van der Waals surface area contributed by atoms with E-state index in [1.165, 1.54) is 51.4 Å². The highest BCUT2D eigenvalue weighted by Crippen LogP contribution is 2.32. The lowest BCUT2D eigenvalue weighted by atomic mass is 9.79. The lowest BCUT2D eigenvalue weighted by Gasteiger charge is -2.26. The van der Waals surface area contributed by atoms with E-state index >= 15 is 0 Å². The van der Waals surface area contributed by atoms with Crippen LogP contribution in [0.25, 0.3) is 0 Å². The van der Waals surface area contributed by atoms with Crippen LogP contribution >= 0.6 is 11.6 Å². The van der Waals surface area contributed by atoms with E-state index in [1.54, 1.807) is 0 Å². The minimum absolute atomic E-state index is 0.738. The highest BCUT2D eigenvalue weighted by molar-refractivity contribution is 6.30. The molecule has 118 valence electrons. The quantitative estimate of drug-likeness (QED) is 0.422. The van der Waals surface area contributed by atoms with Gasteiger partial charge in [-0.05, 0) is 67.9 Å². The maximum Gasteiger partial charge on any atom is 0.0406 e. The molecule has 1 fully saturated rings. The van der Waals surface area contributed by atoms with Gasteiger partial charge in [0.15, 0.2) is 0 Å². The van der Waals surface area contributed by atoms with Crippen LogP contribution in [0, 0.1) is 23.7 Å². The first kappa shape index (κ1) is 17.2. The molecule has 0 radical (unpaired) electrons. The van der Waals surface area contributed by atoms with E-state index in [1.807, 2.05) is 30.3 Å². The number of halogens is 1. The van der Waals surface area contributed by atoms with Crippen molar-refractivity contribution in [1.82, 2.24) is 0 Å². The molecule has 0 heterocycles. The summed E-state index contributed by atoms with van der Waals surface area (Å²) >= 11 is 5.86. The van der Waals surface area contributed by atoms with E-state index in [0.29, 0.717) is 0 Å². The SMILES string of the molecule is CCCCCC1CCC(/C=C/C#Cc2ccc(Cl)cc2)CC1. The van der Waals surface area contributed by atoms with Crippen molar-refractivity contribution < 1.29 is 0 Å². The Labute approximate surface area is 141 Å². The molecular formula is C21H27Cl. The zero-order valence-corrected chi connectivity index (χ0v) is 14.4. The van der Waals surface area contributed by atoms with Crippen LogP contribution in [0.1, 0.15) is 63.9 Å². The molecule has 1 aromatic rings. The number of rotatable bonds is 5. The maximum absolute atomic E-state index is 5.86. The summed E-state index contributed by atoms with van der Waals surface area (Å²) < 4.78 is 0. The van der Waals surface area contributed by atoms with Crippen LogP contribution in [0.2, 0.25) is 5.02 Å². The second kappa shape index (κ2) is 9.75. The van der Waals surface area contributed by atoms with Gasteiger partial charge in [0.2, 0.25) is 0 Å². The Morgan fingerprint density at radius 2 is 1.82 bits per heavy atom. The number of benzene rings is 1. The second-order valence-electron chi connectivity index (χ2n) is 6.41. The molecule has 1 aliphatic carbocycles. The van der Waals surface area contributed by atoms with Crippen molar-refractivity contribution in [2.75, 3.05) is 0 Å².